The third-order valence-electron chi connectivity index (χ3n) is 4.10. The van der Waals surface area contributed by atoms with E-state index in [1.807, 2.05) is 0 Å². The highest BCUT2D eigenvalue weighted by Gasteiger charge is 2.40. The Hall–Kier alpha value is -2.54. The first-order valence-corrected chi connectivity index (χ1v) is 9.18. The zero-order valence-electron chi connectivity index (χ0n) is 13.6. The molecule has 1 saturated heterocycles. The molecular formula is C14H13F3N4O5S. The van der Waals surface area contributed by atoms with E-state index in [-0.39, 0.29) is 29.6 Å². The van der Waals surface area contributed by atoms with Gasteiger partial charge in [0.05, 0.1) is 15.7 Å². The summed E-state index contributed by atoms with van der Waals surface area (Å²) in [5.41, 5.74) is -0.254. The van der Waals surface area contributed by atoms with Gasteiger partial charge in [-0.3, -0.25) is 10.1 Å². The second kappa shape index (κ2) is 6.88. The molecule has 0 bridgehead atoms. The first kappa shape index (κ1) is 19.2. The standard InChI is InChI=1S/C14H13F3N4O5S/c15-14(16,17)13-19-18-12(26-13)9-2-1-7-20(8-9)27(24,25)11-5-3-10(4-6-11)21(22)23/h3-6,9H,1-2,7-8H2. The number of nitro benzene ring substituents is 1. The summed E-state index contributed by atoms with van der Waals surface area (Å²) in [5, 5.41) is 17.0. The number of nitrogens with zero attached hydrogens (tertiary/aromatic N) is 4. The third-order valence-corrected chi connectivity index (χ3v) is 5.98. The summed E-state index contributed by atoms with van der Waals surface area (Å²) in [7, 11) is -3.97. The Morgan fingerprint density at radius 1 is 1.22 bits per heavy atom. The molecule has 1 aliphatic heterocycles. The van der Waals surface area contributed by atoms with Gasteiger partial charge in [0.2, 0.25) is 15.9 Å². The molecule has 0 saturated carbocycles. The summed E-state index contributed by atoms with van der Waals surface area (Å²) < 4.78 is 69.0. The van der Waals surface area contributed by atoms with Gasteiger partial charge in [0, 0.05) is 25.2 Å². The minimum atomic E-state index is -4.77. The van der Waals surface area contributed by atoms with Crippen LogP contribution >= 0.6 is 0 Å². The fourth-order valence-corrected chi connectivity index (χ4v) is 4.29. The number of sulfonamides is 1. The number of hydrogen-bond acceptors (Lipinski definition) is 7. The Bertz CT molecular complexity index is 942. The van der Waals surface area contributed by atoms with Gasteiger partial charge in [0.1, 0.15) is 0 Å². The lowest BCUT2D eigenvalue weighted by molar-refractivity contribution is -0.384. The molecule has 9 nitrogen and oxygen atoms in total. The summed E-state index contributed by atoms with van der Waals surface area (Å²) in [6, 6.07) is 4.38. The molecule has 0 aliphatic carbocycles. The quantitative estimate of drug-likeness (QED) is 0.565. The molecule has 1 aliphatic rings. The van der Waals surface area contributed by atoms with Gasteiger partial charge in [-0.1, -0.05) is 0 Å². The average molecular weight is 406 g/mol. The van der Waals surface area contributed by atoms with Crippen molar-refractivity contribution in [3.63, 3.8) is 0 Å². The van der Waals surface area contributed by atoms with Crippen molar-refractivity contribution in [2.24, 2.45) is 0 Å². The van der Waals surface area contributed by atoms with Crippen LogP contribution < -0.4 is 0 Å². The number of alkyl halides is 3. The normalized spacial score (nSPS) is 19.1. The van der Waals surface area contributed by atoms with Gasteiger partial charge in [-0.15, -0.1) is 10.2 Å². The molecule has 1 unspecified atom stereocenters. The number of piperidine rings is 1. The molecule has 27 heavy (non-hydrogen) atoms. The molecule has 3 rings (SSSR count). The maximum absolute atomic E-state index is 12.7. The van der Waals surface area contributed by atoms with Crippen molar-refractivity contribution in [3.05, 3.63) is 46.2 Å². The highest BCUT2D eigenvalue weighted by atomic mass is 32.2. The second-order valence-electron chi connectivity index (χ2n) is 5.90. The molecular weight excluding hydrogens is 393 g/mol. The van der Waals surface area contributed by atoms with Crippen molar-refractivity contribution in [1.82, 2.24) is 14.5 Å². The second-order valence-corrected chi connectivity index (χ2v) is 7.83. The lowest BCUT2D eigenvalue weighted by Gasteiger charge is -2.30. The van der Waals surface area contributed by atoms with Gasteiger partial charge in [-0.05, 0) is 25.0 Å². The molecule has 1 aromatic heterocycles. The van der Waals surface area contributed by atoms with E-state index in [1.54, 1.807) is 0 Å². The topological polar surface area (TPSA) is 119 Å². The number of hydrogen-bond donors (Lipinski definition) is 0. The van der Waals surface area contributed by atoms with Crippen LogP contribution in [-0.4, -0.2) is 40.9 Å². The van der Waals surface area contributed by atoms with Crippen LogP contribution in [0, 0.1) is 10.1 Å². The summed E-state index contributed by atoms with van der Waals surface area (Å²) in [4.78, 5) is 9.88. The number of nitro groups is 1. The SMILES string of the molecule is O=[N+]([O-])c1ccc(S(=O)(=O)N2CCCC(c3nnc(C(F)(F)F)o3)C2)cc1. The monoisotopic (exact) mass is 406 g/mol. The van der Waals surface area contributed by atoms with Crippen LogP contribution in [0.3, 0.4) is 0 Å². The van der Waals surface area contributed by atoms with E-state index in [9.17, 15) is 31.7 Å². The van der Waals surface area contributed by atoms with E-state index in [4.69, 9.17) is 0 Å². The van der Waals surface area contributed by atoms with Crippen LogP contribution in [0.4, 0.5) is 18.9 Å². The first-order chi connectivity index (χ1) is 12.6. The largest absolute Gasteiger partial charge is 0.470 e. The Morgan fingerprint density at radius 3 is 2.44 bits per heavy atom. The molecule has 1 atom stereocenters. The molecule has 0 N–H and O–H groups in total. The fourth-order valence-electron chi connectivity index (χ4n) is 2.77. The van der Waals surface area contributed by atoms with Crippen LogP contribution in [0.5, 0.6) is 0 Å². The van der Waals surface area contributed by atoms with E-state index in [0.717, 1.165) is 28.6 Å². The number of non-ortho nitro benzene ring substituents is 1. The smallest absolute Gasteiger partial charge is 0.417 e. The number of benzene rings is 1. The molecule has 0 radical (unpaired) electrons. The van der Waals surface area contributed by atoms with E-state index in [2.05, 4.69) is 14.6 Å². The molecule has 2 heterocycles. The van der Waals surface area contributed by atoms with Crippen LogP contribution in [0.2, 0.25) is 0 Å². The molecule has 1 fully saturated rings. The summed E-state index contributed by atoms with van der Waals surface area (Å²) in [5.74, 6) is -2.42. The lowest BCUT2D eigenvalue weighted by atomic mass is 10.00. The first-order valence-electron chi connectivity index (χ1n) is 7.74. The number of rotatable bonds is 4. The predicted octanol–water partition coefficient (Wildman–Crippen LogP) is 2.56. The van der Waals surface area contributed by atoms with E-state index in [1.165, 1.54) is 0 Å². The van der Waals surface area contributed by atoms with E-state index in [0.29, 0.717) is 12.8 Å². The average Bonchev–Trinajstić information content (AvgIpc) is 3.12. The molecule has 2 aromatic rings. The van der Waals surface area contributed by atoms with Gasteiger partial charge in [0.25, 0.3) is 5.69 Å². The van der Waals surface area contributed by atoms with Crippen molar-refractivity contribution < 1.29 is 30.9 Å². The Morgan fingerprint density at radius 2 is 1.89 bits per heavy atom. The zero-order valence-corrected chi connectivity index (χ0v) is 14.4. The summed E-state index contributed by atoms with van der Waals surface area (Å²) in [6.45, 7) is 0.0366. The number of aromatic nitrogens is 2. The molecule has 1 aromatic carbocycles. The minimum Gasteiger partial charge on any atom is -0.417 e. The van der Waals surface area contributed by atoms with Gasteiger partial charge < -0.3 is 4.42 Å². The van der Waals surface area contributed by atoms with Crippen molar-refractivity contribution >= 4 is 15.7 Å². The predicted molar refractivity (Wildman–Crippen MR) is 83.1 cm³/mol. The summed E-state index contributed by atoms with van der Waals surface area (Å²) in [6.07, 6.45) is -3.99. The molecule has 146 valence electrons. The van der Waals surface area contributed by atoms with Crippen molar-refractivity contribution in [3.8, 4) is 0 Å². The van der Waals surface area contributed by atoms with Crippen LogP contribution in [0.1, 0.15) is 30.5 Å². The maximum atomic E-state index is 12.7. The van der Waals surface area contributed by atoms with Gasteiger partial charge in [-0.2, -0.15) is 17.5 Å². The van der Waals surface area contributed by atoms with Crippen LogP contribution in [-0.2, 0) is 16.2 Å². The third kappa shape index (κ3) is 3.93. The molecule has 0 spiro atoms. The molecule has 0 amide bonds. The van der Waals surface area contributed by atoms with Crippen molar-refractivity contribution in [2.45, 2.75) is 29.8 Å². The highest BCUT2D eigenvalue weighted by Crippen LogP contribution is 2.33. The molecule has 13 heteroatoms. The lowest BCUT2D eigenvalue weighted by Crippen LogP contribution is -2.39. The summed E-state index contributed by atoms with van der Waals surface area (Å²) >= 11 is 0. The number of halogens is 3. The zero-order chi connectivity index (χ0) is 19.8. The Balaban J connectivity index is 1.80. The van der Waals surface area contributed by atoms with Crippen LogP contribution in [0.15, 0.2) is 33.6 Å². The van der Waals surface area contributed by atoms with Crippen molar-refractivity contribution in [2.75, 3.05) is 13.1 Å². The Labute approximate surface area is 151 Å². The van der Waals surface area contributed by atoms with Crippen LogP contribution in [0.25, 0.3) is 0 Å². The minimum absolute atomic E-state index is 0.126. The van der Waals surface area contributed by atoms with Gasteiger partial charge in [-0.25, -0.2) is 8.42 Å². The highest BCUT2D eigenvalue weighted by molar-refractivity contribution is 7.89. The van der Waals surface area contributed by atoms with Gasteiger partial charge >= 0.3 is 12.1 Å². The van der Waals surface area contributed by atoms with E-state index >= 15 is 0 Å². The Kier molecular flexibility index (Phi) is 4.90. The van der Waals surface area contributed by atoms with Crippen molar-refractivity contribution in [1.29, 1.82) is 0 Å². The fraction of sp³-hybridized carbons (Fsp3) is 0.429. The van der Waals surface area contributed by atoms with E-state index < -0.39 is 32.9 Å². The maximum Gasteiger partial charge on any atom is 0.470 e. The van der Waals surface area contributed by atoms with Gasteiger partial charge in [0.15, 0.2) is 0 Å².